The molecule has 0 aromatic heterocycles. The van der Waals surface area contributed by atoms with Crippen LogP contribution in [0.3, 0.4) is 0 Å². The standard InChI is InChI=1S/C17H26BrNO/c1-15-5-12-4-13(6-15)8-17(7-12,9-15)14(20)19-11-16(10-18)2-3-16/h12-13H,2-11H2,1H3,(H,19,20). The van der Waals surface area contributed by atoms with Gasteiger partial charge in [-0.1, -0.05) is 22.9 Å². The van der Waals surface area contributed by atoms with Gasteiger partial charge in [-0.05, 0) is 74.0 Å². The highest BCUT2D eigenvalue weighted by molar-refractivity contribution is 9.09. The molecule has 2 unspecified atom stereocenters. The molecule has 5 fully saturated rings. The number of carbonyl (C=O) groups is 1. The van der Waals surface area contributed by atoms with Crippen molar-refractivity contribution in [1.82, 2.24) is 5.32 Å². The molecule has 0 spiro atoms. The Balaban J connectivity index is 1.48. The number of amides is 1. The van der Waals surface area contributed by atoms with Crippen molar-refractivity contribution < 1.29 is 4.79 Å². The molecule has 5 saturated carbocycles. The Labute approximate surface area is 130 Å². The summed E-state index contributed by atoms with van der Waals surface area (Å²) in [6.45, 7) is 3.33. The zero-order valence-electron chi connectivity index (χ0n) is 12.5. The topological polar surface area (TPSA) is 29.1 Å². The fourth-order valence-electron chi connectivity index (χ4n) is 5.98. The van der Waals surface area contributed by atoms with Crippen molar-refractivity contribution in [2.75, 3.05) is 11.9 Å². The molecule has 5 rings (SSSR count). The molecule has 5 aliphatic carbocycles. The van der Waals surface area contributed by atoms with Gasteiger partial charge in [0.2, 0.25) is 5.91 Å². The Morgan fingerprint density at radius 3 is 2.35 bits per heavy atom. The van der Waals surface area contributed by atoms with Crippen LogP contribution < -0.4 is 5.32 Å². The lowest BCUT2D eigenvalue weighted by Gasteiger charge is -2.60. The van der Waals surface area contributed by atoms with Crippen LogP contribution in [0.5, 0.6) is 0 Å². The largest absolute Gasteiger partial charge is 0.355 e. The predicted octanol–water partition coefficient (Wildman–Crippen LogP) is 3.88. The Bertz CT molecular complexity index is 428. The first-order valence-electron chi connectivity index (χ1n) is 8.31. The first-order valence-corrected chi connectivity index (χ1v) is 9.43. The van der Waals surface area contributed by atoms with E-state index in [2.05, 4.69) is 28.2 Å². The van der Waals surface area contributed by atoms with Crippen LogP contribution in [0.1, 0.15) is 58.3 Å². The lowest BCUT2D eigenvalue weighted by atomic mass is 9.44. The maximum atomic E-state index is 12.9. The highest BCUT2D eigenvalue weighted by atomic mass is 79.9. The van der Waals surface area contributed by atoms with Crippen molar-refractivity contribution in [3.8, 4) is 0 Å². The minimum Gasteiger partial charge on any atom is -0.355 e. The molecule has 4 bridgehead atoms. The SMILES string of the molecule is CC12CC3CC(C1)CC(C(=O)NCC1(CBr)CC1)(C3)C2. The highest BCUT2D eigenvalue weighted by Crippen LogP contribution is 2.65. The summed E-state index contributed by atoms with van der Waals surface area (Å²) in [5.41, 5.74) is 0.858. The third kappa shape index (κ3) is 2.07. The Morgan fingerprint density at radius 1 is 1.20 bits per heavy atom. The van der Waals surface area contributed by atoms with Gasteiger partial charge < -0.3 is 5.32 Å². The maximum absolute atomic E-state index is 12.9. The molecule has 20 heavy (non-hydrogen) atoms. The average molecular weight is 340 g/mol. The van der Waals surface area contributed by atoms with Gasteiger partial charge in [-0.25, -0.2) is 0 Å². The molecule has 112 valence electrons. The molecule has 5 aliphatic rings. The van der Waals surface area contributed by atoms with Crippen LogP contribution >= 0.6 is 15.9 Å². The third-order valence-corrected chi connectivity index (χ3v) is 7.89. The molecule has 3 heteroatoms. The molecule has 0 radical (unpaired) electrons. The van der Waals surface area contributed by atoms with Gasteiger partial charge >= 0.3 is 0 Å². The summed E-state index contributed by atoms with van der Waals surface area (Å²) in [7, 11) is 0. The molecule has 0 saturated heterocycles. The van der Waals surface area contributed by atoms with E-state index in [1.165, 1.54) is 44.9 Å². The lowest BCUT2D eigenvalue weighted by molar-refractivity contribution is -0.155. The minimum atomic E-state index is 0.00122. The van der Waals surface area contributed by atoms with E-state index in [4.69, 9.17) is 0 Å². The molecule has 0 aromatic carbocycles. The first-order chi connectivity index (χ1) is 9.47. The van der Waals surface area contributed by atoms with Gasteiger partial charge in [-0.2, -0.15) is 0 Å². The van der Waals surface area contributed by atoms with E-state index in [9.17, 15) is 4.79 Å². The van der Waals surface area contributed by atoms with Crippen LogP contribution in [-0.4, -0.2) is 17.8 Å². The summed E-state index contributed by atoms with van der Waals surface area (Å²) in [5, 5.41) is 4.38. The number of carbonyl (C=O) groups excluding carboxylic acids is 1. The maximum Gasteiger partial charge on any atom is 0.226 e. The lowest BCUT2D eigenvalue weighted by Crippen LogP contribution is -2.57. The average Bonchev–Trinajstić information content (AvgIpc) is 3.13. The second-order valence-corrected chi connectivity index (χ2v) is 9.43. The number of halogens is 1. The van der Waals surface area contributed by atoms with Crippen LogP contribution in [0.2, 0.25) is 0 Å². The number of rotatable bonds is 4. The van der Waals surface area contributed by atoms with E-state index >= 15 is 0 Å². The summed E-state index contributed by atoms with van der Waals surface area (Å²) in [5.74, 6) is 2.06. The fourth-order valence-corrected chi connectivity index (χ4v) is 6.73. The van der Waals surface area contributed by atoms with Gasteiger partial charge in [0, 0.05) is 11.9 Å². The van der Waals surface area contributed by atoms with Crippen molar-refractivity contribution in [1.29, 1.82) is 0 Å². The van der Waals surface area contributed by atoms with E-state index in [-0.39, 0.29) is 5.41 Å². The van der Waals surface area contributed by atoms with E-state index in [1.54, 1.807) is 0 Å². The third-order valence-electron chi connectivity index (χ3n) is 6.70. The van der Waals surface area contributed by atoms with Crippen molar-refractivity contribution in [3.05, 3.63) is 0 Å². The molecule has 0 aliphatic heterocycles. The predicted molar refractivity (Wildman–Crippen MR) is 83.7 cm³/mol. The van der Waals surface area contributed by atoms with Crippen LogP contribution in [0.15, 0.2) is 0 Å². The van der Waals surface area contributed by atoms with Gasteiger partial charge in [-0.3, -0.25) is 4.79 Å². The summed E-state index contributed by atoms with van der Waals surface area (Å²) < 4.78 is 0. The molecule has 0 aromatic rings. The van der Waals surface area contributed by atoms with E-state index in [1.807, 2.05) is 0 Å². The summed E-state index contributed by atoms with van der Waals surface area (Å²) in [4.78, 5) is 12.9. The summed E-state index contributed by atoms with van der Waals surface area (Å²) in [6, 6.07) is 0. The Hall–Kier alpha value is -0.0500. The number of hydrogen-bond acceptors (Lipinski definition) is 1. The van der Waals surface area contributed by atoms with Gasteiger partial charge in [-0.15, -0.1) is 0 Å². The molecular weight excluding hydrogens is 314 g/mol. The normalized spacial score (nSPS) is 47.3. The fraction of sp³-hybridized carbons (Fsp3) is 0.941. The zero-order valence-corrected chi connectivity index (χ0v) is 14.1. The first kappa shape index (κ1) is 13.6. The van der Waals surface area contributed by atoms with Gasteiger partial charge in [0.05, 0.1) is 5.41 Å². The van der Waals surface area contributed by atoms with Crippen LogP contribution in [0.25, 0.3) is 0 Å². The number of nitrogens with one attached hydrogen (secondary N) is 1. The molecule has 1 N–H and O–H groups in total. The summed E-state index contributed by atoms with van der Waals surface area (Å²) >= 11 is 3.60. The molecular formula is C17H26BrNO. The van der Waals surface area contributed by atoms with Crippen LogP contribution in [-0.2, 0) is 4.79 Å². The molecule has 2 atom stereocenters. The van der Waals surface area contributed by atoms with Crippen LogP contribution in [0, 0.1) is 28.1 Å². The zero-order chi connectivity index (χ0) is 14.0. The van der Waals surface area contributed by atoms with Gasteiger partial charge in [0.25, 0.3) is 0 Å². The monoisotopic (exact) mass is 339 g/mol. The van der Waals surface area contributed by atoms with Crippen molar-refractivity contribution in [3.63, 3.8) is 0 Å². The van der Waals surface area contributed by atoms with E-state index < -0.39 is 0 Å². The van der Waals surface area contributed by atoms with Gasteiger partial charge in [0.15, 0.2) is 0 Å². The highest BCUT2D eigenvalue weighted by Gasteiger charge is 2.59. The number of alkyl halides is 1. The second-order valence-electron chi connectivity index (χ2n) is 8.87. The Morgan fingerprint density at radius 2 is 1.85 bits per heavy atom. The number of hydrogen-bond donors (Lipinski definition) is 1. The van der Waals surface area contributed by atoms with E-state index in [0.717, 1.165) is 30.1 Å². The quantitative estimate of drug-likeness (QED) is 0.773. The van der Waals surface area contributed by atoms with Crippen molar-refractivity contribution >= 4 is 21.8 Å². The summed E-state index contributed by atoms with van der Waals surface area (Å²) in [6.07, 6.45) is 10.2. The van der Waals surface area contributed by atoms with Crippen molar-refractivity contribution in [2.45, 2.75) is 58.3 Å². The van der Waals surface area contributed by atoms with Crippen molar-refractivity contribution in [2.24, 2.45) is 28.1 Å². The second kappa shape index (κ2) is 4.24. The molecule has 1 amide bonds. The van der Waals surface area contributed by atoms with Crippen LogP contribution in [0.4, 0.5) is 0 Å². The molecule has 0 heterocycles. The smallest absolute Gasteiger partial charge is 0.226 e. The Kier molecular flexibility index (Phi) is 2.88. The van der Waals surface area contributed by atoms with Gasteiger partial charge in [0.1, 0.15) is 0 Å². The molecule has 2 nitrogen and oxygen atoms in total. The van der Waals surface area contributed by atoms with E-state index in [0.29, 0.717) is 16.7 Å². The minimum absolute atomic E-state index is 0.00122.